The molecular formula is C12H12ClNO. The maximum absolute atomic E-state index is 10.9. The normalized spacial score (nSPS) is 17.4. The number of benzene rings is 1. The van der Waals surface area contributed by atoms with Crippen LogP contribution < -0.4 is 5.32 Å². The monoisotopic (exact) mass is 221 g/mol. The standard InChI is InChI=1S/C12H12ClNO/c1-12(2)9(7-15)5-8-3-4-10(13)6-11(8)14-12/h3-7,14H,1-2H3. The van der Waals surface area contributed by atoms with Gasteiger partial charge in [-0.1, -0.05) is 17.7 Å². The Labute approximate surface area is 93.9 Å². The highest BCUT2D eigenvalue weighted by Gasteiger charge is 2.27. The smallest absolute Gasteiger partial charge is 0.148 e. The summed E-state index contributed by atoms with van der Waals surface area (Å²) >= 11 is 5.91. The number of halogens is 1. The minimum atomic E-state index is -0.334. The summed E-state index contributed by atoms with van der Waals surface area (Å²) < 4.78 is 0. The molecular weight excluding hydrogens is 210 g/mol. The van der Waals surface area contributed by atoms with Crippen LogP contribution in [-0.2, 0) is 4.79 Å². The third-order valence-corrected chi connectivity index (χ3v) is 2.86. The molecule has 1 heterocycles. The van der Waals surface area contributed by atoms with Gasteiger partial charge in [-0.05, 0) is 37.6 Å². The van der Waals surface area contributed by atoms with Crippen molar-refractivity contribution in [2.75, 3.05) is 5.32 Å². The summed E-state index contributed by atoms with van der Waals surface area (Å²) in [5.41, 5.74) is 2.38. The lowest BCUT2D eigenvalue weighted by molar-refractivity contribution is -0.105. The molecule has 0 bridgehead atoms. The zero-order valence-corrected chi connectivity index (χ0v) is 9.43. The molecule has 15 heavy (non-hydrogen) atoms. The van der Waals surface area contributed by atoms with Gasteiger partial charge in [0.1, 0.15) is 6.29 Å². The molecule has 78 valence electrons. The molecule has 1 N–H and O–H groups in total. The van der Waals surface area contributed by atoms with E-state index in [1.54, 1.807) is 0 Å². The van der Waals surface area contributed by atoms with Gasteiger partial charge < -0.3 is 5.32 Å². The number of carbonyl (C=O) groups is 1. The molecule has 0 aromatic heterocycles. The van der Waals surface area contributed by atoms with Gasteiger partial charge >= 0.3 is 0 Å². The molecule has 0 aliphatic carbocycles. The minimum absolute atomic E-state index is 0.334. The lowest BCUT2D eigenvalue weighted by Gasteiger charge is -2.32. The largest absolute Gasteiger partial charge is 0.375 e. The molecule has 3 heteroatoms. The molecule has 0 fully saturated rings. The van der Waals surface area contributed by atoms with Gasteiger partial charge in [-0.3, -0.25) is 4.79 Å². The van der Waals surface area contributed by atoms with Gasteiger partial charge in [0.15, 0.2) is 0 Å². The molecule has 0 atom stereocenters. The first-order chi connectivity index (χ1) is 7.03. The van der Waals surface area contributed by atoms with Crippen molar-refractivity contribution in [3.63, 3.8) is 0 Å². The van der Waals surface area contributed by atoms with Crippen LogP contribution in [0.25, 0.3) is 6.08 Å². The predicted octanol–water partition coefficient (Wildman–Crippen LogP) is 3.13. The van der Waals surface area contributed by atoms with E-state index in [0.717, 1.165) is 23.1 Å². The van der Waals surface area contributed by atoms with Crippen LogP contribution in [-0.4, -0.2) is 11.8 Å². The number of hydrogen-bond donors (Lipinski definition) is 1. The summed E-state index contributed by atoms with van der Waals surface area (Å²) in [6.07, 6.45) is 2.79. The van der Waals surface area contributed by atoms with Crippen molar-refractivity contribution in [1.82, 2.24) is 0 Å². The fourth-order valence-electron chi connectivity index (χ4n) is 1.70. The van der Waals surface area contributed by atoms with Gasteiger partial charge in [-0.2, -0.15) is 0 Å². The molecule has 1 aliphatic heterocycles. The highest BCUT2D eigenvalue weighted by atomic mass is 35.5. The highest BCUT2D eigenvalue weighted by Crippen LogP contribution is 2.33. The fraction of sp³-hybridized carbons (Fsp3) is 0.250. The number of nitrogens with one attached hydrogen (secondary N) is 1. The van der Waals surface area contributed by atoms with E-state index in [2.05, 4.69) is 5.32 Å². The molecule has 0 amide bonds. The van der Waals surface area contributed by atoms with E-state index in [4.69, 9.17) is 11.6 Å². The molecule has 0 radical (unpaired) electrons. The maximum atomic E-state index is 10.9. The van der Waals surface area contributed by atoms with Gasteiger partial charge in [0.2, 0.25) is 0 Å². The van der Waals surface area contributed by atoms with Crippen LogP contribution in [0.5, 0.6) is 0 Å². The van der Waals surface area contributed by atoms with Gasteiger partial charge in [0, 0.05) is 16.3 Å². The zero-order valence-electron chi connectivity index (χ0n) is 8.67. The summed E-state index contributed by atoms with van der Waals surface area (Å²) in [6.45, 7) is 3.94. The van der Waals surface area contributed by atoms with E-state index in [1.165, 1.54) is 0 Å². The Morgan fingerprint density at radius 1 is 1.40 bits per heavy atom. The van der Waals surface area contributed by atoms with Gasteiger partial charge in [0.05, 0.1) is 5.54 Å². The van der Waals surface area contributed by atoms with Crippen molar-refractivity contribution in [3.05, 3.63) is 34.4 Å². The predicted molar refractivity (Wildman–Crippen MR) is 63.2 cm³/mol. The molecule has 0 saturated carbocycles. The number of aldehydes is 1. The first-order valence-corrected chi connectivity index (χ1v) is 5.16. The second-order valence-corrected chi connectivity index (χ2v) is 4.64. The molecule has 0 unspecified atom stereocenters. The van der Waals surface area contributed by atoms with E-state index >= 15 is 0 Å². The molecule has 0 saturated heterocycles. The number of anilines is 1. The molecule has 1 aromatic carbocycles. The van der Waals surface area contributed by atoms with E-state index < -0.39 is 0 Å². The van der Waals surface area contributed by atoms with Crippen LogP contribution in [0, 0.1) is 0 Å². The van der Waals surface area contributed by atoms with Gasteiger partial charge in [0.25, 0.3) is 0 Å². The van der Waals surface area contributed by atoms with Gasteiger partial charge in [-0.15, -0.1) is 0 Å². The lowest BCUT2D eigenvalue weighted by Crippen LogP contribution is -2.36. The third kappa shape index (κ3) is 1.77. The first-order valence-electron chi connectivity index (χ1n) is 4.78. The fourth-order valence-corrected chi connectivity index (χ4v) is 1.87. The summed E-state index contributed by atoms with van der Waals surface area (Å²) in [5, 5.41) is 3.99. The van der Waals surface area contributed by atoms with Crippen LogP contribution in [0.15, 0.2) is 23.8 Å². The molecule has 1 aliphatic rings. The topological polar surface area (TPSA) is 29.1 Å². The van der Waals surface area contributed by atoms with Crippen molar-refractivity contribution < 1.29 is 4.79 Å². The minimum Gasteiger partial charge on any atom is -0.375 e. The van der Waals surface area contributed by atoms with E-state index in [-0.39, 0.29) is 5.54 Å². The van der Waals surface area contributed by atoms with E-state index in [0.29, 0.717) is 5.02 Å². The van der Waals surface area contributed by atoms with Crippen molar-refractivity contribution in [3.8, 4) is 0 Å². The SMILES string of the molecule is CC1(C)Nc2cc(Cl)ccc2C=C1C=O. The van der Waals surface area contributed by atoms with Crippen LogP contribution in [0.1, 0.15) is 19.4 Å². The van der Waals surface area contributed by atoms with Crippen LogP contribution in [0.3, 0.4) is 0 Å². The Hall–Kier alpha value is -1.28. The number of carbonyl (C=O) groups excluding carboxylic acids is 1. The number of fused-ring (bicyclic) bond motifs is 1. The van der Waals surface area contributed by atoms with Crippen molar-refractivity contribution in [1.29, 1.82) is 0 Å². The van der Waals surface area contributed by atoms with Gasteiger partial charge in [-0.25, -0.2) is 0 Å². The van der Waals surface area contributed by atoms with Crippen LogP contribution >= 0.6 is 11.6 Å². The Kier molecular flexibility index (Phi) is 2.31. The van der Waals surface area contributed by atoms with E-state index in [9.17, 15) is 4.79 Å². The Bertz CT molecular complexity index is 449. The molecule has 2 nitrogen and oxygen atoms in total. The summed E-state index contributed by atoms with van der Waals surface area (Å²) in [7, 11) is 0. The van der Waals surface area contributed by atoms with Crippen molar-refractivity contribution in [2.45, 2.75) is 19.4 Å². The number of rotatable bonds is 1. The quantitative estimate of drug-likeness (QED) is 0.739. The van der Waals surface area contributed by atoms with Crippen molar-refractivity contribution >= 4 is 29.7 Å². The lowest BCUT2D eigenvalue weighted by atomic mass is 9.88. The second kappa shape index (κ2) is 3.38. The molecule has 1 aromatic rings. The summed E-state index contributed by atoms with van der Waals surface area (Å²) in [6, 6.07) is 5.60. The third-order valence-electron chi connectivity index (χ3n) is 2.62. The summed E-state index contributed by atoms with van der Waals surface area (Å²) in [5.74, 6) is 0. The van der Waals surface area contributed by atoms with E-state index in [1.807, 2.05) is 38.1 Å². The average Bonchev–Trinajstić information content (AvgIpc) is 2.15. The highest BCUT2D eigenvalue weighted by molar-refractivity contribution is 6.31. The first kappa shape index (κ1) is 10.2. The Morgan fingerprint density at radius 2 is 2.13 bits per heavy atom. The average molecular weight is 222 g/mol. The Balaban J connectivity index is 2.56. The Morgan fingerprint density at radius 3 is 2.80 bits per heavy atom. The van der Waals surface area contributed by atoms with Crippen LogP contribution in [0.4, 0.5) is 5.69 Å². The summed E-state index contributed by atoms with van der Waals surface area (Å²) in [4.78, 5) is 10.9. The van der Waals surface area contributed by atoms with Crippen LogP contribution in [0.2, 0.25) is 5.02 Å². The number of hydrogen-bond acceptors (Lipinski definition) is 2. The second-order valence-electron chi connectivity index (χ2n) is 4.20. The molecule has 0 spiro atoms. The molecule has 2 rings (SSSR count). The van der Waals surface area contributed by atoms with Crippen molar-refractivity contribution in [2.24, 2.45) is 0 Å². The zero-order chi connectivity index (χ0) is 11.1. The maximum Gasteiger partial charge on any atom is 0.148 e.